The van der Waals surface area contributed by atoms with Gasteiger partial charge in [0, 0.05) is 5.75 Å². The van der Waals surface area contributed by atoms with Crippen molar-refractivity contribution < 1.29 is 23.1 Å². The highest BCUT2D eigenvalue weighted by Crippen LogP contribution is 2.30. The predicted octanol–water partition coefficient (Wildman–Crippen LogP) is 1.04. The van der Waals surface area contributed by atoms with E-state index in [1.807, 2.05) is 0 Å². The molecule has 7 heteroatoms. The fourth-order valence-electron chi connectivity index (χ4n) is 0.425. The van der Waals surface area contributed by atoms with Gasteiger partial charge < -0.3 is 10.8 Å². The van der Waals surface area contributed by atoms with Crippen molar-refractivity contribution in [2.45, 2.75) is 18.0 Å². The predicted molar refractivity (Wildman–Crippen MR) is 38.7 cm³/mol. The molecule has 3 N–H and O–H groups in total. The zero-order chi connectivity index (χ0) is 9.78. The second-order valence-electron chi connectivity index (χ2n) is 2.03. The molecule has 0 aliphatic rings. The molecule has 0 saturated carbocycles. The van der Waals surface area contributed by atoms with Crippen LogP contribution in [0.15, 0.2) is 0 Å². The monoisotopic (exact) mass is 203 g/mol. The minimum atomic E-state index is -4.31. The first kappa shape index (κ1) is 11.6. The van der Waals surface area contributed by atoms with Gasteiger partial charge in [-0.3, -0.25) is 4.79 Å². The molecule has 0 radical (unpaired) electrons. The van der Waals surface area contributed by atoms with Crippen LogP contribution in [-0.2, 0) is 4.79 Å². The number of carboxylic acid groups (broad SMARTS) is 1. The zero-order valence-corrected chi connectivity index (χ0v) is 6.78. The Kier molecular flexibility index (Phi) is 4.40. The highest BCUT2D eigenvalue weighted by molar-refractivity contribution is 8.00. The molecule has 72 valence electrons. The van der Waals surface area contributed by atoms with Crippen LogP contribution in [0.3, 0.4) is 0 Å². The normalized spacial score (nSPS) is 14.3. The first-order valence-electron chi connectivity index (χ1n) is 3.02. The molecule has 0 spiro atoms. The summed E-state index contributed by atoms with van der Waals surface area (Å²) < 4.78 is 34.4. The van der Waals surface area contributed by atoms with Crippen LogP contribution in [0, 0.1) is 0 Å². The number of carboxylic acids is 1. The average molecular weight is 203 g/mol. The quantitative estimate of drug-likeness (QED) is 0.716. The van der Waals surface area contributed by atoms with Crippen LogP contribution in [0.1, 0.15) is 6.42 Å². The van der Waals surface area contributed by atoms with Gasteiger partial charge in [0.2, 0.25) is 0 Å². The van der Waals surface area contributed by atoms with Gasteiger partial charge in [0.05, 0.1) is 0 Å². The molecule has 0 bridgehead atoms. The summed E-state index contributed by atoms with van der Waals surface area (Å²) in [4.78, 5) is 10.0. The summed E-state index contributed by atoms with van der Waals surface area (Å²) in [6.45, 7) is 0. The number of aliphatic carboxylic acids is 1. The molecule has 3 nitrogen and oxygen atoms in total. The van der Waals surface area contributed by atoms with Gasteiger partial charge in [-0.1, -0.05) is 11.8 Å². The molecule has 0 aromatic heterocycles. The van der Waals surface area contributed by atoms with E-state index in [2.05, 4.69) is 0 Å². The summed E-state index contributed by atoms with van der Waals surface area (Å²) >= 11 is -0.264. The van der Waals surface area contributed by atoms with Crippen LogP contribution in [0.4, 0.5) is 13.2 Å². The minimum absolute atomic E-state index is 0.181. The summed E-state index contributed by atoms with van der Waals surface area (Å²) in [5, 5.41) is 8.20. The number of alkyl halides is 3. The molecular weight excluding hydrogens is 195 g/mol. The molecule has 1 atom stereocenters. The zero-order valence-electron chi connectivity index (χ0n) is 5.97. The van der Waals surface area contributed by atoms with E-state index in [9.17, 15) is 18.0 Å². The third-order valence-electron chi connectivity index (χ3n) is 1.01. The second kappa shape index (κ2) is 4.56. The molecule has 0 aromatic carbocycles. The Morgan fingerprint density at radius 2 is 2.08 bits per heavy atom. The molecule has 12 heavy (non-hydrogen) atoms. The largest absolute Gasteiger partial charge is 0.480 e. The Hall–Kier alpha value is -0.430. The summed E-state index contributed by atoms with van der Waals surface area (Å²) in [6.07, 6.45) is -0.181. The van der Waals surface area contributed by atoms with Crippen LogP contribution in [0.5, 0.6) is 0 Å². The van der Waals surface area contributed by atoms with Gasteiger partial charge in [-0.25, -0.2) is 0 Å². The molecule has 0 rings (SSSR count). The summed E-state index contributed by atoms with van der Waals surface area (Å²) in [6, 6.07) is -1.21. The molecule has 0 saturated heterocycles. The van der Waals surface area contributed by atoms with Crippen molar-refractivity contribution in [3.05, 3.63) is 0 Å². The van der Waals surface area contributed by atoms with Crippen molar-refractivity contribution in [3.8, 4) is 0 Å². The van der Waals surface area contributed by atoms with E-state index in [1.54, 1.807) is 0 Å². The van der Waals surface area contributed by atoms with Crippen molar-refractivity contribution in [1.82, 2.24) is 0 Å². The van der Waals surface area contributed by atoms with Gasteiger partial charge in [-0.2, -0.15) is 13.2 Å². The smallest absolute Gasteiger partial charge is 0.441 e. The maximum absolute atomic E-state index is 11.5. The SMILES string of the molecule is NC(CCSC(F)(F)F)C(=O)O. The van der Waals surface area contributed by atoms with E-state index in [-0.39, 0.29) is 23.9 Å². The van der Waals surface area contributed by atoms with Crippen molar-refractivity contribution in [1.29, 1.82) is 0 Å². The fourth-order valence-corrected chi connectivity index (χ4v) is 1.03. The fraction of sp³-hybridized carbons (Fsp3) is 0.800. The Balaban J connectivity index is 3.51. The molecule has 0 amide bonds. The molecule has 0 aliphatic heterocycles. The third-order valence-corrected chi connectivity index (χ3v) is 1.78. The van der Waals surface area contributed by atoms with E-state index in [1.165, 1.54) is 0 Å². The Morgan fingerprint density at radius 3 is 2.42 bits per heavy atom. The van der Waals surface area contributed by atoms with Crippen LogP contribution < -0.4 is 5.73 Å². The molecule has 0 aliphatic carbocycles. The van der Waals surface area contributed by atoms with Crippen molar-refractivity contribution in [3.63, 3.8) is 0 Å². The van der Waals surface area contributed by atoms with Gasteiger partial charge >= 0.3 is 11.5 Å². The number of hydrogen-bond acceptors (Lipinski definition) is 3. The topological polar surface area (TPSA) is 63.3 Å². The lowest BCUT2D eigenvalue weighted by Crippen LogP contribution is -2.30. The van der Waals surface area contributed by atoms with E-state index in [0.29, 0.717) is 0 Å². The van der Waals surface area contributed by atoms with Gasteiger partial charge in [-0.05, 0) is 6.42 Å². The lowest BCUT2D eigenvalue weighted by atomic mass is 10.2. The van der Waals surface area contributed by atoms with Gasteiger partial charge in [0.1, 0.15) is 6.04 Å². The minimum Gasteiger partial charge on any atom is -0.480 e. The first-order valence-corrected chi connectivity index (χ1v) is 4.00. The highest BCUT2D eigenvalue weighted by Gasteiger charge is 2.28. The first-order chi connectivity index (χ1) is 5.33. The number of hydrogen-bond donors (Lipinski definition) is 2. The molecule has 0 fully saturated rings. The number of carbonyl (C=O) groups is 1. The van der Waals surface area contributed by atoms with Gasteiger partial charge in [-0.15, -0.1) is 0 Å². The molecule has 0 heterocycles. The van der Waals surface area contributed by atoms with E-state index in [0.717, 1.165) is 0 Å². The second-order valence-corrected chi connectivity index (χ2v) is 3.19. The van der Waals surface area contributed by atoms with Crippen LogP contribution in [0.25, 0.3) is 0 Å². The maximum Gasteiger partial charge on any atom is 0.441 e. The molecule has 0 aromatic rings. The van der Waals surface area contributed by atoms with Crippen LogP contribution in [-0.4, -0.2) is 28.4 Å². The summed E-state index contributed by atoms with van der Waals surface area (Å²) in [7, 11) is 0. The maximum atomic E-state index is 11.5. The standard InChI is InChI=1S/C5H8F3NO2S/c6-5(7,8)12-2-1-3(9)4(10)11/h3H,1-2,9H2,(H,10,11). The Bertz CT molecular complexity index is 161. The van der Waals surface area contributed by atoms with Crippen LogP contribution in [0.2, 0.25) is 0 Å². The lowest BCUT2D eigenvalue weighted by Gasteiger charge is -2.07. The van der Waals surface area contributed by atoms with Crippen molar-refractivity contribution >= 4 is 17.7 Å². The highest BCUT2D eigenvalue weighted by atomic mass is 32.2. The van der Waals surface area contributed by atoms with Crippen molar-refractivity contribution in [2.24, 2.45) is 5.73 Å². The number of halogens is 3. The summed E-state index contributed by atoms with van der Waals surface area (Å²) in [5.41, 5.74) is 0.658. The van der Waals surface area contributed by atoms with E-state index < -0.39 is 17.5 Å². The van der Waals surface area contributed by atoms with E-state index in [4.69, 9.17) is 10.8 Å². The van der Waals surface area contributed by atoms with Gasteiger partial charge in [0.25, 0.3) is 0 Å². The van der Waals surface area contributed by atoms with Crippen LogP contribution >= 0.6 is 11.8 Å². The number of nitrogens with two attached hydrogens (primary N) is 1. The third kappa shape index (κ3) is 6.29. The molecular formula is C5H8F3NO2S. The number of rotatable bonds is 4. The molecule has 1 unspecified atom stereocenters. The Morgan fingerprint density at radius 1 is 1.58 bits per heavy atom. The number of thioether (sulfide) groups is 1. The summed E-state index contributed by atoms with van der Waals surface area (Å²) in [5.74, 6) is -1.60. The Labute approximate surface area is 71.1 Å². The van der Waals surface area contributed by atoms with Gasteiger partial charge in [0.15, 0.2) is 0 Å². The van der Waals surface area contributed by atoms with E-state index >= 15 is 0 Å². The average Bonchev–Trinajstić information content (AvgIpc) is 1.84. The lowest BCUT2D eigenvalue weighted by molar-refractivity contribution is -0.138. The van der Waals surface area contributed by atoms with Crippen molar-refractivity contribution in [2.75, 3.05) is 5.75 Å².